The molecule has 1 atom stereocenters. The quantitative estimate of drug-likeness (QED) is 0.232. The van der Waals surface area contributed by atoms with Crippen molar-refractivity contribution in [3.63, 3.8) is 0 Å². The van der Waals surface area contributed by atoms with Gasteiger partial charge in [-0.1, -0.05) is 66.7 Å². The fraction of sp³-hybridized carbons (Fsp3) is 0.182. The van der Waals surface area contributed by atoms with Gasteiger partial charge in [0.2, 0.25) is 0 Å². The van der Waals surface area contributed by atoms with Crippen LogP contribution in [0.25, 0.3) is 10.9 Å². The Hall–Kier alpha value is -4.31. The Morgan fingerprint density at radius 2 is 1.43 bits per heavy atom. The molecule has 4 aromatic carbocycles. The Morgan fingerprint density at radius 1 is 0.784 bits per heavy atom. The monoisotopic (exact) mass is 486 g/mol. The number of aromatic nitrogens is 1. The van der Waals surface area contributed by atoms with E-state index >= 15 is 0 Å². The topological polar surface area (TPSA) is 34.5 Å². The fourth-order valence-electron chi connectivity index (χ4n) is 6.04. The Kier molecular flexibility index (Phi) is 5.60. The van der Waals surface area contributed by atoms with Crippen LogP contribution in [0.2, 0.25) is 0 Å². The van der Waals surface area contributed by atoms with Crippen molar-refractivity contribution in [3.05, 3.63) is 131 Å². The van der Waals surface area contributed by atoms with Gasteiger partial charge in [-0.3, -0.25) is 0 Å². The number of para-hydroxylation sites is 2. The van der Waals surface area contributed by atoms with Crippen LogP contribution >= 0.6 is 0 Å². The van der Waals surface area contributed by atoms with Crippen molar-refractivity contribution in [1.82, 2.24) is 4.57 Å². The lowest BCUT2D eigenvalue weighted by Gasteiger charge is -2.31. The van der Waals surface area contributed by atoms with Crippen molar-refractivity contribution < 1.29 is 9.53 Å². The van der Waals surface area contributed by atoms with Crippen LogP contribution in [-0.4, -0.2) is 17.1 Å². The van der Waals surface area contributed by atoms with Gasteiger partial charge in [-0.2, -0.15) is 0 Å². The zero-order valence-electron chi connectivity index (χ0n) is 21.4. The molecule has 0 saturated heterocycles. The molecule has 0 fully saturated rings. The van der Waals surface area contributed by atoms with E-state index in [2.05, 4.69) is 103 Å². The van der Waals surface area contributed by atoms with Crippen molar-refractivity contribution >= 4 is 28.2 Å². The van der Waals surface area contributed by atoms with E-state index in [0.717, 1.165) is 57.8 Å². The smallest absolute Gasteiger partial charge is 0.340 e. The zero-order valence-corrected chi connectivity index (χ0v) is 21.4. The Morgan fingerprint density at radius 3 is 2.16 bits per heavy atom. The van der Waals surface area contributed by atoms with Gasteiger partial charge in [0.05, 0.1) is 5.56 Å². The maximum atomic E-state index is 13.3. The van der Waals surface area contributed by atoms with E-state index in [4.69, 9.17) is 4.74 Å². The Bertz CT molecular complexity index is 1600. The highest BCUT2D eigenvalue weighted by molar-refractivity contribution is 5.98. The minimum Gasteiger partial charge on any atom is -0.440 e. The van der Waals surface area contributed by atoms with Crippen molar-refractivity contribution in [1.29, 1.82) is 0 Å². The average Bonchev–Trinajstić information content (AvgIpc) is 3.41. The molecule has 0 radical (unpaired) electrons. The van der Waals surface area contributed by atoms with Crippen LogP contribution in [0.15, 0.2) is 103 Å². The molecule has 0 aliphatic carbocycles. The van der Waals surface area contributed by atoms with Crippen molar-refractivity contribution in [2.75, 3.05) is 11.4 Å². The second kappa shape index (κ2) is 8.97. The van der Waals surface area contributed by atoms with Gasteiger partial charge in [0.25, 0.3) is 0 Å². The van der Waals surface area contributed by atoms with Crippen LogP contribution in [0.5, 0.6) is 0 Å². The largest absolute Gasteiger partial charge is 0.440 e. The number of carbonyl (C=O) groups is 1. The number of esters is 1. The van der Waals surface area contributed by atoms with Gasteiger partial charge in [0.1, 0.15) is 0 Å². The highest BCUT2D eigenvalue weighted by atomic mass is 16.6. The molecule has 0 spiro atoms. The molecule has 5 aromatic rings. The van der Waals surface area contributed by atoms with E-state index < -0.39 is 5.60 Å². The summed E-state index contributed by atoms with van der Waals surface area (Å²) in [6, 6.07) is 35.1. The molecule has 2 heterocycles. The van der Waals surface area contributed by atoms with Gasteiger partial charge in [0, 0.05) is 57.8 Å². The van der Waals surface area contributed by atoms with Crippen LogP contribution in [0.4, 0.5) is 11.4 Å². The first-order valence-corrected chi connectivity index (χ1v) is 12.9. The van der Waals surface area contributed by atoms with Crippen LogP contribution in [0, 0.1) is 6.92 Å². The molecule has 184 valence electrons. The number of aryl methyl sites for hydroxylation is 1. The minimum atomic E-state index is -1.03. The number of nitrogens with zero attached hydrogens (tertiary/aromatic N) is 2. The summed E-state index contributed by atoms with van der Waals surface area (Å²) in [4.78, 5) is 15.6. The summed E-state index contributed by atoms with van der Waals surface area (Å²) in [6.45, 7) is 8.12. The average molecular weight is 487 g/mol. The molecule has 1 unspecified atom stereocenters. The number of benzene rings is 4. The van der Waals surface area contributed by atoms with E-state index in [1.165, 1.54) is 0 Å². The predicted molar refractivity (Wildman–Crippen MR) is 150 cm³/mol. The van der Waals surface area contributed by atoms with E-state index in [0.29, 0.717) is 5.56 Å². The highest BCUT2D eigenvalue weighted by Crippen LogP contribution is 2.51. The molecule has 0 amide bonds. The molecule has 4 heteroatoms. The summed E-state index contributed by atoms with van der Waals surface area (Å²) in [7, 11) is 0. The molecular weight excluding hydrogens is 456 g/mol. The molecule has 0 bridgehead atoms. The van der Waals surface area contributed by atoms with Gasteiger partial charge in [-0.15, -0.1) is 0 Å². The van der Waals surface area contributed by atoms with Gasteiger partial charge >= 0.3 is 5.97 Å². The summed E-state index contributed by atoms with van der Waals surface area (Å²) < 4.78 is 8.79. The van der Waals surface area contributed by atoms with Crippen molar-refractivity contribution in [2.45, 2.75) is 32.9 Å². The van der Waals surface area contributed by atoms with Gasteiger partial charge in [-0.05, 0) is 57.2 Å². The summed E-state index contributed by atoms with van der Waals surface area (Å²) in [5.41, 5.74) is 6.97. The molecule has 37 heavy (non-hydrogen) atoms. The minimum absolute atomic E-state index is 0.285. The zero-order chi connectivity index (χ0) is 25.6. The summed E-state index contributed by atoms with van der Waals surface area (Å²) in [5.74, 6) is -0.285. The standard InChI is InChI=1S/C33H30N2O2/c1-4-34-23(3)31(28-16-10-12-18-30(28)34)33(29-17-11-9-15-27(29)32(36)37-33)24-19-21-26(22-20-24)35(5-2)25-13-7-6-8-14-25/h6-22H,4-5H2,1-3H3. The second-order valence-electron chi connectivity index (χ2n) is 9.46. The van der Waals surface area contributed by atoms with E-state index in [9.17, 15) is 4.79 Å². The molecule has 4 nitrogen and oxygen atoms in total. The van der Waals surface area contributed by atoms with Crippen LogP contribution in [0.1, 0.15) is 46.6 Å². The third-order valence-electron chi connectivity index (χ3n) is 7.64. The van der Waals surface area contributed by atoms with Gasteiger partial charge < -0.3 is 14.2 Å². The van der Waals surface area contributed by atoms with Crippen LogP contribution < -0.4 is 4.90 Å². The molecule has 0 saturated carbocycles. The predicted octanol–water partition coefficient (Wildman–Crippen LogP) is 7.59. The highest BCUT2D eigenvalue weighted by Gasteiger charge is 2.50. The number of ether oxygens (including phenoxy) is 1. The van der Waals surface area contributed by atoms with Crippen molar-refractivity contribution in [2.24, 2.45) is 0 Å². The van der Waals surface area contributed by atoms with Crippen LogP contribution in [0.3, 0.4) is 0 Å². The molecule has 1 aliphatic rings. The van der Waals surface area contributed by atoms with Crippen LogP contribution in [-0.2, 0) is 16.9 Å². The number of cyclic esters (lactones) is 1. The van der Waals surface area contributed by atoms with E-state index in [1.54, 1.807) is 0 Å². The third kappa shape index (κ3) is 3.40. The number of anilines is 2. The fourth-order valence-corrected chi connectivity index (χ4v) is 6.04. The molecule has 6 rings (SSSR count). The lowest BCUT2D eigenvalue weighted by Crippen LogP contribution is -2.30. The SMILES string of the molecule is CCN(c1ccccc1)c1ccc(C2(c3c(C)n(CC)c4ccccc34)OC(=O)c3ccccc32)cc1. The first-order chi connectivity index (χ1) is 18.1. The normalized spacial score (nSPS) is 16.6. The summed E-state index contributed by atoms with van der Waals surface area (Å²) >= 11 is 0. The summed E-state index contributed by atoms with van der Waals surface area (Å²) in [5, 5.41) is 1.11. The maximum Gasteiger partial charge on any atom is 0.340 e. The summed E-state index contributed by atoms with van der Waals surface area (Å²) in [6.07, 6.45) is 0. The molecule has 1 aliphatic heterocycles. The van der Waals surface area contributed by atoms with E-state index in [-0.39, 0.29) is 5.97 Å². The maximum absolute atomic E-state index is 13.3. The van der Waals surface area contributed by atoms with Gasteiger partial charge in [-0.25, -0.2) is 4.79 Å². The number of carbonyl (C=O) groups excluding carboxylic acids is 1. The first-order valence-electron chi connectivity index (χ1n) is 12.9. The second-order valence-corrected chi connectivity index (χ2v) is 9.46. The molecular formula is C33H30N2O2. The van der Waals surface area contributed by atoms with E-state index in [1.807, 2.05) is 30.3 Å². The van der Waals surface area contributed by atoms with Crippen molar-refractivity contribution in [3.8, 4) is 0 Å². The molecule has 0 N–H and O–H groups in total. The first kappa shape index (κ1) is 23.1. The van der Waals surface area contributed by atoms with Gasteiger partial charge in [0.15, 0.2) is 5.60 Å². The third-order valence-corrected chi connectivity index (χ3v) is 7.64. The Labute approximate surface area is 217 Å². The molecule has 1 aromatic heterocycles. The number of fused-ring (bicyclic) bond motifs is 2. The number of rotatable bonds is 6. The number of hydrogen-bond donors (Lipinski definition) is 0. The lowest BCUT2D eigenvalue weighted by molar-refractivity contribution is 0.0253. The Balaban J connectivity index is 1.60. The number of hydrogen-bond acceptors (Lipinski definition) is 3. The lowest BCUT2D eigenvalue weighted by atomic mass is 9.78.